The van der Waals surface area contributed by atoms with Gasteiger partial charge in [-0.2, -0.15) is 5.10 Å². The van der Waals surface area contributed by atoms with Crippen LogP contribution in [0.2, 0.25) is 0 Å². The Balaban J connectivity index is 2.08. The van der Waals surface area contributed by atoms with Gasteiger partial charge in [-0.3, -0.25) is 19.3 Å². The Kier molecular flexibility index (Phi) is 4.09. The third-order valence-corrected chi connectivity index (χ3v) is 2.66. The highest BCUT2D eigenvalue weighted by Gasteiger charge is 2.09. The maximum absolute atomic E-state index is 12.1. The third kappa shape index (κ3) is 3.41. The van der Waals surface area contributed by atoms with Gasteiger partial charge in [0, 0.05) is 31.8 Å². The van der Waals surface area contributed by atoms with Crippen molar-refractivity contribution in [3.05, 3.63) is 41.9 Å². The number of aromatic nitrogens is 3. The number of amides is 2. The average Bonchev–Trinajstić information content (AvgIpc) is 2.82. The number of nitrogens with one attached hydrogen (secondary N) is 2. The Labute approximate surface area is 116 Å². The van der Waals surface area contributed by atoms with E-state index in [2.05, 4.69) is 20.7 Å². The van der Waals surface area contributed by atoms with Gasteiger partial charge in [0.15, 0.2) is 0 Å². The summed E-state index contributed by atoms with van der Waals surface area (Å²) in [4.78, 5) is 27.0. The van der Waals surface area contributed by atoms with Crippen molar-refractivity contribution >= 4 is 17.6 Å². The number of hydrogen-bond donors (Lipinski definition) is 2. The van der Waals surface area contributed by atoms with Crippen molar-refractivity contribution in [1.82, 2.24) is 20.1 Å². The van der Waals surface area contributed by atoms with Crippen LogP contribution in [0.4, 0.5) is 5.82 Å². The van der Waals surface area contributed by atoms with E-state index >= 15 is 0 Å². The highest BCUT2D eigenvalue weighted by Crippen LogP contribution is 2.08. The molecule has 20 heavy (non-hydrogen) atoms. The van der Waals surface area contributed by atoms with Gasteiger partial charge in [0.1, 0.15) is 5.82 Å². The van der Waals surface area contributed by atoms with Gasteiger partial charge in [0.2, 0.25) is 5.91 Å². The molecule has 0 atom stereocenters. The Morgan fingerprint density at radius 3 is 2.75 bits per heavy atom. The molecule has 7 nitrogen and oxygen atoms in total. The number of aryl methyl sites for hydroxylation is 1. The summed E-state index contributed by atoms with van der Waals surface area (Å²) in [5.74, 6) is 0.215. The highest BCUT2D eigenvalue weighted by atomic mass is 16.2. The molecule has 0 aliphatic heterocycles. The molecule has 7 heteroatoms. The van der Waals surface area contributed by atoms with Gasteiger partial charge in [-0.15, -0.1) is 0 Å². The second-order valence-corrected chi connectivity index (χ2v) is 4.24. The fourth-order valence-electron chi connectivity index (χ4n) is 1.62. The van der Waals surface area contributed by atoms with Crippen LogP contribution in [0.5, 0.6) is 0 Å². The van der Waals surface area contributed by atoms with Gasteiger partial charge in [0.25, 0.3) is 5.91 Å². The molecule has 2 heterocycles. The summed E-state index contributed by atoms with van der Waals surface area (Å²) < 4.78 is 1.57. The second kappa shape index (κ2) is 5.96. The molecule has 2 N–H and O–H groups in total. The average molecular weight is 273 g/mol. The van der Waals surface area contributed by atoms with Crippen molar-refractivity contribution in [3.63, 3.8) is 0 Å². The minimum atomic E-state index is -0.250. The van der Waals surface area contributed by atoms with Crippen LogP contribution in [-0.4, -0.2) is 26.6 Å². The molecule has 2 aromatic heterocycles. The number of anilines is 1. The van der Waals surface area contributed by atoms with Crippen molar-refractivity contribution in [2.45, 2.75) is 13.5 Å². The van der Waals surface area contributed by atoms with Crippen LogP contribution in [0.25, 0.3) is 0 Å². The Morgan fingerprint density at radius 1 is 1.30 bits per heavy atom. The van der Waals surface area contributed by atoms with Crippen LogP contribution in [0.15, 0.2) is 30.6 Å². The first-order valence-corrected chi connectivity index (χ1v) is 6.05. The molecular weight excluding hydrogens is 258 g/mol. The van der Waals surface area contributed by atoms with Crippen molar-refractivity contribution in [3.8, 4) is 0 Å². The molecule has 0 radical (unpaired) electrons. The topological polar surface area (TPSA) is 88.9 Å². The number of carbonyl (C=O) groups excluding carboxylic acids is 2. The summed E-state index contributed by atoms with van der Waals surface area (Å²) in [6.07, 6.45) is 3.14. The first-order chi connectivity index (χ1) is 9.56. The van der Waals surface area contributed by atoms with Crippen LogP contribution in [0.1, 0.15) is 23.0 Å². The van der Waals surface area contributed by atoms with E-state index in [0.717, 1.165) is 0 Å². The smallest absolute Gasteiger partial charge is 0.256 e. The fourth-order valence-corrected chi connectivity index (χ4v) is 1.62. The zero-order chi connectivity index (χ0) is 14.5. The van der Waals surface area contributed by atoms with Gasteiger partial charge in [-0.25, -0.2) is 0 Å². The lowest BCUT2D eigenvalue weighted by Crippen LogP contribution is -2.20. The normalized spacial score (nSPS) is 10.1. The molecule has 0 saturated carbocycles. The van der Waals surface area contributed by atoms with Gasteiger partial charge in [-0.1, -0.05) is 0 Å². The molecule has 0 aromatic carbocycles. The molecule has 0 bridgehead atoms. The van der Waals surface area contributed by atoms with Crippen LogP contribution in [-0.2, 0) is 18.4 Å². The maximum Gasteiger partial charge on any atom is 0.256 e. The van der Waals surface area contributed by atoms with E-state index in [1.165, 1.54) is 13.1 Å². The lowest BCUT2D eigenvalue weighted by atomic mass is 10.2. The Morgan fingerprint density at radius 2 is 2.10 bits per heavy atom. The Bertz CT molecular complexity index is 635. The summed E-state index contributed by atoms with van der Waals surface area (Å²) in [6.45, 7) is 1.72. The van der Waals surface area contributed by atoms with E-state index < -0.39 is 0 Å². The van der Waals surface area contributed by atoms with E-state index in [1.807, 2.05) is 0 Å². The van der Waals surface area contributed by atoms with Gasteiger partial charge in [-0.05, 0) is 12.1 Å². The predicted octanol–water partition coefficient (Wildman–Crippen LogP) is 0.703. The first kappa shape index (κ1) is 13.7. The number of hydrogen-bond acceptors (Lipinski definition) is 4. The molecule has 0 aliphatic carbocycles. The largest absolute Gasteiger partial charge is 0.351 e. The summed E-state index contributed by atoms with van der Waals surface area (Å²) >= 11 is 0. The van der Waals surface area contributed by atoms with Crippen molar-refractivity contribution in [2.75, 3.05) is 5.32 Å². The van der Waals surface area contributed by atoms with E-state index in [-0.39, 0.29) is 11.8 Å². The standard InChI is InChI=1S/C13H15N5O2/c1-9(19)15-8-11-7-10(3-5-14-11)13(20)17-12-4-6-16-18(12)2/h3-7H,8H2,1-2H3,(H,15,19)(H,17,20). The molecule has 0 saturated heterocycles. The SMILES string of the molecule is CC(=O)NCc1cc(C(=O)Nc2ccnn2C)ccn1. The fraction of sp³-hybridized carbons (Fsp3) is 0.231. The number of rotatable bonds is 4. The number of nitrogens with zero attached hydrogens (tertiary/aromatic N) is 3. The molecule has 2 aromatic rings. The zero-order valence-electron chi connectivity index (χ0n) is 11.3. The van der Waals surface area contributed by atoms with Crippen LogP contribution < -0.4 is 10.6 Å². The summed E-state index contributed by atoms with van der Waals surface area (Å²) in [5.41, 5.74) is 1.10. The quantitative estimate of drug-likeness (QED) is 0.858. The van der Waals surface area contributed by atoms with Crippen LogP contribution in [0, 0.1) is 0 Å². The number of carbonyl (C=O) groups is 2. The summed E-state index contributed by atoms with van der Waals surface area (Å²) in [6, 6.07) is 4.96. The molecule has 0 spiro atoms. The number of pyridine rings is 1. The minimum absolute atomic E-state index is 0.142. The molecular formula is C13H15N5O2. The summed E-state index contributed by atoms with van der Waals surface area (Å²) in [5, 5.41) is 9.35. The summed E-state index contributed by atoms with van der Waals surface area (Å²) in [7, 11) is 1.74. The van der Waals surface area contributed by atoms with Crippen LogP contribution >= 0.6 is 0 Å². The van der Waals surface area contributed by atoms with Gasteiger partial charge < -0.3 is 10.6 Å². The molecule has 2 amide bonds. The molecule has 2 rings (SSSR count). The van der Waals surface area contributed by atoms with Crippen LogP contribution in [0.3, 0.4) is 0 Å². The zero-order valence-corrected chi connectivity index (χ0v) is 11.3. The van der Waals surface area contributed by atoms with Gasteiger partial charge >= 0.3 is 0 Å². The molecule has 0 aliphatic rings. The van der Waals surface area contributed by atoms with E-state index in [1.54, 1.807) is 36.1 Å². The highest BCUT2D eigenvalue weighted by molar-refractivity contribution is 6.03. The third-order valence-electron chi connectivity index (χ3n) is 2.66. The molecule has 104 valence electrons. The lowest BCUT2D eigenvalue weighted by molar-refractivity contribution is -0.119. The lowest BCUT2D eigenvalue weighted by Gasteiger charge is -2.07. The molecule has 0 fully saturated rings. The first-order valence-electron chi connectivity index (χ1n) is 6.05. The molecule has 0 unspecified atom stereocenters. The van der Waals surface area contributed by atoms with Crippen molar-refractivity contribution in [1.29, 1.82) is 0 Å². The van der Waals surface area contributed by atoms with Crippen molar-refractivity contribution in [2.24, 2.45) is 7.05 Å². The Hall–Kier alpha value is -2.70. The van der Waals surface area contributed by atoms with E-state index in [0.29, 0.717) is 23.6 Å². The minimum Gasteiger partial charge on any atom is -0.351 e. The van der Waals surface area contributed by atoms with E-state index in [9.17, 15) is 9.59 Å². The maximum atomic E-state index is 12.1. The van der Waals surface area contributed by atoms with E-state index in [4.69, 9.17) is 0 Å². The predicted molar refractivity (Wildman–Crippen MR) is 72.9 cm³/mol. The monoisotopic (exact) mass is 273 g/mol. The second-order valence-electron chi connectivity index (χ2n) is 4.24. The van der Waals surface area contributed by atoms with Crippen molar-refractivity contribution < 1.29 is 9.59 Å². The van der Waals surface area contributed by atoms with Gasteiger partial charge in [0.05, 0.1) is 18.4 Å².